The second kappa shape index (κ2) is 6.84. The number of nitrogens with zero attached hydrogens (tertiary/aromatic N) is 3. The van der Waals surface area contributed by atoms with Gasteiger partial charge in [-0.2, -0.15) is 0 Å². The minimum absolute atomic E-state index is 0.749. The molecule has 2 aromatic carbocycles. The van der Waals surface area contributed by atoms with Crippen molar-refractivity contribution in [3.8, 4) is 17.2 Å². The molecule has 5 rings (SSSR count). The molecule has 7 heteroatoms. The van der Waals surface area contributed by atoms with Crippen LogP contribution in [0.15, 0.2) is 36.7 Å². The van der Waals surface area contributed by atoms with Gasteiger partial charge in [0.15, 0.2) is 17.3 Å². The topological polar surface area (TPSA) is 72.5 Å². The standard InChI is InChI=1S/C22H22N4O3/c1-27-15-4-5-16-17(10-15)25-21-20(16)23-12-24-22(21)26-7-6-13-8-18(28-2)19(29-3)9-14(13)11-26/h4-5,8-10,12,25H,6-7,11H2,1-3H3. The van der Waals surface area contributed by atoms with Gasteiger partial charge in [0.25, 0.3) is 0 Å². The monoisotopic (exact) mass is 390 g/mol. The number of nitrogens with one attached hydrogen (secondary N) is 1. The van der Waals surface area contributed by atoms with Gasteiger partial charge in [0.2, 0.25) is 0 Å². The summed E-state index contributed by atoms with van der Waals surface area (Å²) in [5.74, 6) is 3.24. The van der Waals surface area contributed by atoms with Crippen molar-refractivity contribution in [3.05, 3.63) is 47.8 Å². The van der Waals surface area contributed by atoms with E-state index in [1.54, 1.807) is 27.7 Å². The number of rotatable bonds is 4. The van der Waals surface area contributed by atoms with Crippen molar-refractivity contribution in [1.82, 2.24) is 15.0 Å². The summed E-state index contributed by atoms with van der Waals surface area (Å²) in [5, 5.41) is 1.06. The summed E-state index contributed by atoms with van der Waals surface area (Å²) < 4.78 is 16.3. The summed E-state index contributed by atoms with van der Waals surface area (Å²) in [4.78, 5) is 14.9. The minimum atomic E-state index is 0.749. The highest BCUT2D eigenvalue weighted by molar-refractivity contribution is 6.08. The molecule has 2 aromatic heterocycles. The van der Waals surface area contributed by atoms with Gasteiger partial charge in [-0.1, -0.05) is 0 Å². The molecule has 0 unspecified atom stereocenters. The Morgan fingerprint density at radius 1 is 0.931 bits per heavy atom. The van der Waals surface area contributed by atoms with Gasteiger partial charge in [0.05, 0.1) is 26.8 Å². The quantitative estimate of drug-likeness (QED) is 0.573. The number of aromatic nitrogens is 3. The fourth-order valence-electron chi connectivity index (χ4n) is 4.09. The van der Waals surface area contributed by atoms with Crippen LogP contribution in [0.2, 0.25) is 0 Å². The first-order valence-electron chi connectivity index (χ1n) is 9.51. The predicted octanol–water partition coefficient (Wildman–Crippen LogP) is 3.70. The first kappa shape index (κ1) is 17.6. The molecule has 3 heterocycles. The van der Waals surface area contributed by atoms with Gasteiger partial charge in [-0.15, -0.1) is 0 Å². The zero-order valence-electron chi connectivity index (χ0n) is 16.7. The number of hydrogen-bond acceptors (Lipinski definition) is 6. The average molecular weight is 390 g/mol. The Bertz CT molecular complexity index is 1220. The third-order valence-electron chi connectivity index (χ3n) is 5.59. The zero-order valence-corrected chi connectivity index (χ0v) is 16.7. The largest absolute Gasteiger partial charge is 0.497 e. The van der Waals surface area contributed by atoms with Crippen LogP contribution in [0, 0.1) is 0 Å². The Hall–Kier alpha value is -3.48. The number of benzene rings is 2. The second-order valence-corrected chi connectivity index (χ2v) is 7.10. The molecule has 1 aliphatic rings. The predicted molar refractivity (Wildman–Crippen MR) is 112 cm³/mol. The Morgan fingerprint density at radius 2 is 1.72 bits per heavy atom. The maximum absolute atomic E-state index is 5.49. The molecule has 29 heavy (non-hydrogen) atoms. The number of methoxy groups -OCH3 is 3. The van der Waals surface area contributed by atoms with E-state index in [4.69, 9.17) is 14.2 Å². The van der Waals surface area contributed by atoms with Crippen LogP contribution in [-0.2, 0) is 13.0 Å². The van der Waals surface area contributed by atoms with Crippen LogP contribution in [-0.4, -0.2) is 42.8 Å². The minimum Gasteiger partial charge on any atom is -0.497 e. The first-order chi connectivity index (χ1) is 14.2. The first-order valence-corrected chi connectivity index (χ1v) is 9.51. The second-order valence-electron chi connectivity index (χ2n) is 7.10. The van der Waals surface area contributed by atoms with Crippen molar-refractivity contribution >= 4 is 27.8 Å². The number of anilines is 1. The molecular formula is C22H22N4O3. The maximum atomic E-state index is 5.49. The Balaban J connectivity index is 1.58. The molecule has 0 fully saturated rings. The van der Waals surface area contributed by atoms with Crippen molar-refractivity contribution < 1.29 is 14.2 Å². The van der Waals surface area contributed by atoms with E-state index >= 15 is 0 Å². The molecule has 0 saturated heterocycles. The van der Waals surface area contributed by atoms with Gasteiger partial charge in [-0.25, -0.2) is 9.97 Å². The van der Waals surface area contributed by atoms with Crippen LogP contribution >= 0.6 is 0 Å². The van der Waals surface area contributed by atoms with E-state index in [1.807, 2.05) is 18.2 Å². The molecule has 0 saturated carbocycles. The molecule has 0 bridgehead atoms. The van der Waals surface area contributed by atoms with E-state index in [0.29, 0.717) is 0 Å². The van der Waals surface area contributed by atoms with Gasteiger partial charge in [0, 0.05) is 24.5 Å². The molecule has 0 amide bonds. The highest BCUT2D eigenvalue weighted by Gasteiger charge is 2.23. The maximum Gasteiger partial charge on any atom is 0.161 e. The highest BCUT2D eigenvalue weighted by atomic mass is 16.5. The molecule has 0 atom stereocenters. The van der Waals surface area contributed by atoms with Gasteiger partial charge < -0.3 is 24.1 Å². The van der Waals surface area contributed by atoms with Crippen molar-refractivity contribution in [3.63, 3.8) is 0 Å². The summed E-state index contributed by atoms with van der Waals surface area (Å²) in [6.45, 7) is 1.62. The van der Waals surface area contributed by atoms with Crippen LogP contribution < -0.4 is 19.1 Å². The number of H-pyrrole nitrogens is 1. The Labute approximate surface area is 168 Å². The molecular weight excluding hydrogens is 368 g/mol. The summed E-state index contributed by atoms with van der Waals surface area (Å²) in [6, 6.07) is 10.1. The molecule has 0 radical (unpaired) electrons. The molecule has 4 aromatic rings. The molecule has 1 aliphatic heterocycles. The van der Waals surface area contributed by atoms with E-state index in [0.717, 1.165) is 64.5 Å². The number of fused-ring (bicyclic) bond motifs is 4. The number of hydrogen-bond donors (Lipinski definition) is 1. The molecule has 148 valence electrons. The molecule has 7 nitrogen and oxygen atoms in total. The summed E-state index contributed by atoms with van der Waals surface area (Å²) in [7, 11) is 5.00. The third kappa shape index (κ3) is 2.81. The van der Waals surface area contributed by atoms with E-state index in [9.17, 15) is 0 Å². The smallest absolute Gasteiger partial charge is 0.161 e. The van der Waals surface area contributed by atoms with Crippen molar-refractivity contribution in [2.24, 2.45) is 0 Å². The van der Waals surface area contributed by atoms with Gasteiger partial charge in [-0.05, 0) is 41.8 Å². The Kier molecular flexibility index (Phi) is 4.16. The van der Waals surface area contributed by atoms with Crippen LogP contribution in [0.25, 0.3) is 21.9 Å². The lowest BCUT2D eigenvalue weighted by molar-refractivity contribution is 0.353. The van der Waals surface area contributed by atoms with Gasteiger partial charge in [0.1, 0.15) is 23.1 Å². The molecule has 0 aliphatic carbocycles. The molecule has 1 N–H and O–H groups in total. The van der Waals surface area contributed by atoms with E-state index in [2.05, 4.69) is 32.0 Å². The number of aromatic amines is 1. The van der Waals surface area contributed by atoms with Crippen LogP contribution in [0.3, 0.4) is 0 Å². The third-order valence-corrected chi connectivity index (χ3v) is 5.59. The lowest BCUT2D eigenvalue weighted by atomic mass is 9.98. The van der Waals surface area contributed by atoms with Gasteiger partial charge >= 0.3 is 0 Å². The van der Waals surface area contributed by atoms with Crippen molar-refractivity contribution in [1.29, 1.82) is 0 Å². The fraction of sp³-hybridized carbons (Fsp3) is 0.273. The van der Waals surface area contributed by atoms with Crippen molar-refractivity contribution in [2.75, 3.05) is 32.8 Å². The van der Waals surface area contributed by atoms with E-state index in [-0.39, 0.29) is 0 Å². The zero-order chi connectivity index (χ0) is 20.0. The SMILES string of the molecule is COc1ccc2c(c1)[nH]c1c(N3CCc4cc(OC)c(OC)cc4C3)ncnc12. The van der Waals surface area contributed by atoms with E-state index in [1.165, 1.54) is 11.1 Å². The van der Waals surface area contributed by atoms with E-state index < -0.39 is 0 Å². The van der Waals surface area contributed by atoms with Crippen LogP contribution in [0.4, 0.5) is 5.82 Å². The average Bonchev–Trinajstić information content (AvgIpc) is 3.15. The summed E-state index contributed by atoms with van der Waals surface area (Å²) >= 11 is 0. The van der Waals surface area contributed by atoms with Gasteiger partial charge in [-0.3, -0.25) is 0 Å². The fourth-order valence-corrected chi connectivity index (χ4v) is 4.09. The highest BCUT2D eigenvalue weighted by Crippen LogP contribution is 2.36. The Morgan fingerprint density at radius 3 is 2.48 bits per heavy atom. The lowest BCUT2D eigenvalue weighted by Crippen LogP contribution is -2.31. The number of ether oxygens (including phenoxy) is 3. The van der Waals surface area contributed by atoms with Crippen molar-refractivity contribution in [2.45, 2.75) is 13.0 Å². The molecule has 0 spiro atoms. The van der Waals surface area contributed by atoms with Crippen LogP contribution in [0.5, 0.6) is 17.2 Å². The summed E-state index contributed by atoms with van der Waals surface area (Å²) in [6.07, 6.45) is 2.55. The summed E-state index contributed by atoms with van der Waals surface area (Å²) in [5.41, 5.74) is 5.36. The normalized spacial score (nSPS) is 13.6. The van der Waals surface area contributed by atoms with Crippen LogP contribution in [0.1, 0.15) is 11.1 Å². The lowest BCUT2D eigenvalue weighted by Gasteiger charge is -2.30.